The maximum Gasteiger partial charge on any atom is 0.234 e. The molecule has 1 N–H and O–H groups in total. The molecule has 1 saturated heterocycles. The van der Waals surface area contributed by atoms with E-state index in [4.69, 9.17) is 0 Å². The smallest absolute Gasteiger partial charge is 0.234 e. The number of anilines is 2. The average molecular weight is 342 g/mol. The third-order valence-electron chi connectivity index (χ3n) is 4.01. The molecule has 24 heavy (non-hydrogen) atoms. The number of nitrogens with one attached hydrogen (secondary N) is 1. The van der Waals surface area contributed by atoms with Gasteiger partial charge in [0.15, 0.2) is 0 Å². The largest absolute Gasteiger partial charge is 0.369 e. The molecule has 0 radical (unpaired) electrons. The maximum absolute atomic E-state index is 12.0. The van der Waals surface area contributed by atoms with Gasteiger partial charge in [-0.15, -0.1) is 0 Å². The van der Waals surface area contributed by atoms with Gasteiger partial charge in [-0.2, -0.15) is 0 Å². The van der Waals surface area contributed by atoms with Crippen molar-refractivity contribution in [1.82, 2.24) is 9.88 Å². The summed E-state index contributed by atoms with van der Waals surface area (Å²) in [4.78, 5) is 20.9. The predicted octanol–water partition coefficient (Wildman–Crippen LogP) is 2.56. The lowest BCUT2D eigenvalue weighted by molar-refractivity contribution is -0.113. The Hall–Kier alpha value is -2.05. The van der Waals surface area contributed by atoms with Crippen LogP contribution in [0.15, 0.2) is 53.7 Å². The molecule has 0 aliphatic carbocycles. The number of carbonyl (C=O) groups excluding carboxylic acids is 1. The third kappa shape index (κ3) is 4.72. The zero-order valence-corrected chi connectivity index (χ0v) is 14.6. The summed E-state index contributed by atoms with van der Waals surface area (Å²) in [5.74, 6) is 0.343. The first-order valence-corrected chi connectivity index (χ1v) is 9.06. The van der Waals surface area contributed by atoms with Crippen LogP contribution in [0.4, 0.5) is 11.4 Å². The van der Waals surface area contributed by atoms with Gasteiger partial charge in [-0.3, -0.25) is 4.79 Å². The molecule has 1 aromatic carbocycles. The van der Waals surface area contributed by atoms with Gasteiger partial charge in [-0.05, 0) is 43.4 Å². The number of nitrogens with zero attached hydrogens (tertiary/aromatic N) is 3. The number of benzene rings is 1. The van der Waals surface area contributed by atoms with E-state index in [9.17, 15) is 4.79 Å². The standard InChI is InChI=1S/C18H22N4OS/c1-21-10-12-22(13-11-21)16-7-5-15(6-8-16)20-17(23)14-24-18-4-2-3-9-19-18/h2-9H,10-14H2,1H3,(H,20,23). The minimum atomic E-state index is -0.0157. The Morgan fingerprint density at radius 3 is 2.54 bits per heavy atom. The zero-order valence-electron chi connectivity index (χ0n) is 13.8. The van der Waals surface area contributed by atoms with E-state index in [1.807, 2.05) is 30.3 Å². The zero-order chi connectivity index (χ0) is 16.8. The molecule has 6 heteroatoms. The van der Waals surface area contributed by atoms with E-state index in [-0.39, 0.29) is 5.91 Å². The molecule has 0 spiro atoms. The summed E-state index contributed by atoms with van der Waals surface area (Å²) in [7, 11) is 2.15. The van der Waals surface area contributed by atoms with Crippen molar-refractivity contribution < 1.29 is 4.79 Å². The van der Waals surface area contributed by atoms with Gasteiger partial charge in [0.2, 0.25) is 5.91 Å². The number of amides is 1. The van der Waals surface area contributed by atoms with E-state index in [1.54, 1.807) is 6.20 Å². The molecule has 2 heterocycles. The van der Waals surface area contributed by atoms with Gasteiger partial charge >= 0.3 is 0 Å². The van der Waals surface area contributed by atoms with Gasteiger partial charge in [0, 0.05) is 43.8 Å². The Balaban J connectivity index is 1.49. The van der Waals surface area contributed by atoms with E-state index in [1.165, 1.54) is 17.4 Å². The molecule has 0 atom stereocenters. The summed E-state index contributed by atoms with van der Waals surface area (Å²) in [5, 5.41) is 3.79. The Labute approximate surface area is 147 Å². The molecule has 0 saturated carbocycles. The predicted molar refractivity (Wildman–Crippen MR) is 99.7 cm³/mol. The van der Waals surface area contributed by atoms with Crippen molar-refractivity contribution in [2.24, 2.45) is 0 Å². The number of hydrogen-bond acceptors (Lipinski definition) is 5. The Morgan fingerprint density at radius 1 is 1.12 bits per heavy atom. The van der Waals surface area contributed by atoms with Gasteiger partial charge < -0.3 is 15.1 Å². The fraction of sp³-hybridized carbons (Fsp3) is 0.333. The molecule has 1 aromatic heterocycles. The second-order valence-corrected chi connectivity index (χ2v) is 6.84. The second kappa shape index (κ2) is 8.17. The lowest BCUT2D eigenvalue weighted by Crippen LogP contribution is -2.44. The quantitative estimate of drug-likeness (QED) is 0.847. The highest BCUT2D eigenvalue weighted by molar-refractivity contribution is 7.99. The van der Waals surface area contributed by atoms with Crippen LogP contribution in [0.1, 0.15) is 0 Å². The topological polar surface area (TPSA) is 48.5 Å². The highest BCUT2D eigenvalue weighted by Gasteiger charge is 2.14. The van der Waals surface area contributed by atoms with Crippen molar-refractivity contribution in [3.05, 3.63) is 48.7 Å². The first kappa shape index (κ1) is 16.8. The van der Waals surface area contributed by atoms with Crippen molar-refractivity contribution in [2.45, 2.75) is 5.03 Å². The molecule has 1 fully saturated rings. The third-order valence-corrected chi connectivity index (χ3v) is 4.95. The van der Waals surface area contributed by atoms with E-state index in [0.717, 1.165) is 36.9 Å². The number of piperazine rings is 1. The molecule has 1 amide bonds. The molecule has 1 aliphatic heterocycles. The molecule has 3 rings (SSSR count). The summed E-state index contributed by atoms with van der Waals surface area (Å²) in [6.45, 7) is 4.26. The van der Waals surface area contributed by atoms with Crippen molar-refractivity contribution in [2.75, 3.05) is 49.2 Å². The molecule has 0 unspecified atom stereocenters. The van der Waals surface area contributed by atoms with Crippen molar-refractivity contribution in [1.29, 1.82) is 0 Å². The molecular formula is C18H22N4OS. The van der Waals surface area contributed by atoms with E-state index in [0.29, 0.717) is 5.75 Å². The molecule has 2 aromatic rings. The van der Waals surface area contributed by atoms with Gasteiger partial charge in [0.25, 0.3) is 0 Å². The summed E-state index contributed by atoms with van der Waals surface area (Å²) >= 11 is 1.44. The molecule has 5 nitrogen and oxygen atoms in total. The van der Waals surface area contributed by atoms with E-state index in [2.05, 4.69) is 39.3 Å². The lowest BCUT2D eigenvalue weighted by Gasteiger charge is -2.34. The van der Waals surface area contributed by atoms with Crippen molar-refractivity contribution in [3.8, 4) is 0 Å². The molecular weight excluding hydrogens is 320 g/mol. The number of likely N-dealkylation sites (N-methyl/N-ethyl adjacent to an activating group) is 1. The fourth-order valence-electron chi connectivity index (χ4n) is 2.59. The first-order chi connectivity index (χ1) is 11.7. The molecule has 1 aliphatic rings. The molecule has 126 valence electrons. The van der Waals surface area contributed by atoms with Gasteiger partial charge in [0.05, 0.1) is 10.8 Å². The lowest BCUT2D eigenvalue weighted by atomic mass is 10.2. The average Bonchev–Trinajstić information content (AvgIpc) is 2.62. The SMILES string of the molecule is CN1CCN(c2ccc(NC(=O)CSc3ccccn3)cc2)CC1. The highest BCUT2D eigenvalue weighted by atomic mass is 32.2. The minimum Gasteiger partial charge on any atom is -0.369 e. The van der Waals surface area contributed by atoms with Crippen LogP contribution < -0.4 is 10.2 Å². The van der Waals surface area contributed by atoms with Crippen LogP contribution in [0.5, 0.6) is 0 Å². The van der Waals surface area contributed by atoms with Crippen molar-refractivity contribution in [3.63, 3.8) is 0 Å². The van der Waals surface area contributed by atoms with Crippen LogP contribution in [-0.4, -0.2) is 54.8 Å². The fourth-order valence-corrected chi connectivity index (χ4v) is 3.25. The highest BCUT2D eigenvalue weighted by Crippen LogP contribution is 2.20. The number of thioether (sulfide) groups is 1. The van der Waals surface area contributed by atoms with Crippen LogP contribution in [0.3, 0.4) is 0 Å². The first-order valence-electron chi connectivity index (χ1n) is 8.08. The van der Waals surface area contributed by atoms with E-state index < -0.39 is 0 Å². The Kier molecular flexibility index (Phi) is 5.72. The minimum absolute atomic E-state index is 0.0157. The van der Waals surface area contributed by atoms with Crippen LogP contribution in [0.2, 0.25) is 0 Å². The van der Waals surface area contributed by atoms with Crippen LogP contribution in [0, 0.1) is 0 Å². The normalized spacial score (nSPS) is 15.3. The number of hydrogen-bond donors (Lipinski definition) is 1. The van der Waals surface area contributed by atoms with E-state index >= 15 is 0 Å². The van der Waals surface area contributed by atoms with Gasteiger partial charge in [0.1, 0.15) is 0 Å². The molecule has 0 bridgehead atoms. The summed E-state index contributed by atoms with van der Waals surface area (Å²) in [6.07, 6.45) is 1.73. The monoisotopic (exact) mass is 342 g/mol. The van der Waals surface area contributed by atoms with Crippen LogP contribution in [0.25, 0.3) is 0 Å². The second-order valence-electron chi connectivity index (χ2n) is 5.84. The number of rotatable bonds is 5. The van der Waals surface area contributed by atoms with Gasteiger partial charge in [-0.1, -0.05) is 17.8 Å². The van der Waals surface area contributed by atoms with Crippen LogP contribution in [-0.2, 0) is 4.79 Å². The Morgan fingerprint density at radius 2 is 1.88 bits per heavy atom. The van der Waals surface area contributed by atoms with Crippen molar-refractivity contribution >= 4 is 29.0 Å². The maximum atomic E-state index is 12.0. The summed E-state index contributed by atoms with van der Waals surface area (Å²) in [5.41, 5.74) is 2.04. The number of carbonyl (C=O) groups is 1. The number of pyridine rings is 1. The summed E-state index contributed by atoms with van der Waals surface area (Å²) < 4.78 is 0. The number of aromatic nitrogens is 1. The van der Waals surface area contributed by atoms with Gasteiger partial charge in [-0.25, -0.2) is 4.98 Å². The summed E-state index contributed by atoms with van der Waals surface area (Å²) in [6, 6.07) is 13.8. The Bertz CT molecular complexity index is 654. The van der Waals surface area contributed by atoms with Crippen LogP contribution >= 0.6 is 11.8 Å².